The maximum absolute atomic E-state index is 13.0. The summed E-state index contributed by atoms with van der Waals surface area (Å²) in [6, 6.07) is 13.1. The van der Waals surface area contributed by atoms with Crippen LogP contribution in [0.5, 0.6) is 11.5 Å². The maximum atomic E-state index is 13.0. The average Bonchev–Trinajstić information content (AvgIpc) is 2.79. The summed E-state index contributed by atoms with van der Waals surface area (Å²) in [4.78, 5) is 29.5. The van der Waals surface area contributed by atoms with E-state index in [9.17, 15) is 9.59 Å². The first kappa shape index (κ1) is 21.0. The van der Waals surface area contributed by atoms with Gasteiger partial charge in [-0.1, -0.05) is 18.2 Å². The Bertz CT molecular complexity index is 958. The Balaban J connectivity index is 1.50. The Morgan fingerprint density at radius 2 is 1.94 bits per heavy atom. The van der Waals surface area contributed by atoms with Gasteiger partial charge in [0.25, 0.3) is 5.91 Å². The monoisotopic (exact) mass is 425 g/mol. The van der Waals surface area contributed by atoms with Gasteiger partial charge in [0.2, 0.25) is 5.91 Å². The second kappa shape index (κ2) is 9.26. The van der Waals surface area contributed by atoms with Crippen molar-refractivity contribution < 1.29 is 23.8 Å². The third-order valence-electron chi connectivity index (χ3n) is 5.42. The highest BCUT2D eigenvalue weighted by atomic mass is 16.5. The number of carbonyl (C=O) groups excluding carboxylic acids is 2. The molecule has 1 saturated heterocycles. The van der Waals surface area contributed by atoms with Gasteiger partial charge in [0.1, 0.15) is 11.5 Å². The quantitative estimate of drug-likeness (QED) is 0.790. The number of carbonyl (C=O) groups is 2. The van der Waals surface area contributed by atoms with E-state index in [2.05, 4.69) is 5.32 Å². The molecule has 1 N–H and O–H groups in total. The molecule has 1 fully saturated rings. The van der Waals surface area contributed by atoms with Crippen molar-refractivity contribution in [1.82, 2.24) is 4.90 Å². The molecule has 0 saturated carbocycles. The van der Waals surface area contributed by atoms with Crippen molar-refractivity contribution >= 4 is 23.2 Å². The maximum Gasteiger partial charge on any atom is 0.265 e. The molecule has 8 nitrogen and oxygen atoms in total. The number of amides is 2. The molecule has 31 heavy (non-hydrogen) atoms. The largest absolute Gasteiger partial charge is 0.495 e. The van der Waals surface area contributed by atoms with Crippen molar-refractivity contribution in [2.75, 3.05) is 56.7 Å². The predicted molar refractivity (Wildman–Crippen MR) is 117 cm³/mol. The van der Waals surface area contributed by atoms with Gasteiger partial charge in [-0.3, -0.25) is 9.59 Å². The fourth-order valence-corrected chi connectivity index (χ4v) is 3.86. The lowest BCUT2D eigenvalue weighted by atomic mass is 10.1. The molecule has 164 valence electrons. The highest BCUT2D eigenvalue weighted by Crippen LogP contribution is 2.33. The molecule has 0 bridgehead atoms. The lowest BCUT2D eigenvalue weighted by Crippen LogP contribution is -2.53. The molecule has 2 aliphatic heterocycles. The lowest BCUT2D eigenvalue weighted by Gasteiger charge is -2.38. The number of hydrogen-bond donors (Lipinski definition) is 1. The normalized spacial score (nSPS) is 18.1. The van der Waals surface area contributed by atoms with E-state index >= 15 is 0 Å². The number of methoxy groups -OCH3 is 1. The summed E-state index contributed by atoms with van der Waals surface area (Å²) in [7, 11) is 1.57. The fraction of sp³-hybridized carbons (Fsp3) is 0.391. The first-order valence-electron chi connectivity index (χ1n) is 10.4. The van der Waals surface area contributed by atoms with E-state index in [-0.39, 0.29) is 18.4 Å². The molecule has 2 amide bonds. The highest BCUT2D eigenvalue weighted by Gasteiger charge is 2.34. The molecule has 0 aliphatic carbocycles. The third-order valence-corrected chi connectivity index (χ3v) is 5.42. The minimum atomic E-state index is -0.672. The van der Waals surface area contributed by atoms with Crippen molar-refractivity contribution in [1.29, 1.82) is 0 Å². The first-order valence-corrected chi connectivity index (χ1v) is 10.4. The van der Waals surface area contributed by atoms with Crippen LogP contribution in [0.3, 0.4) is 0 Å². The standard InChI is InChI=1S/C23H27N3O5/c1-16-7-8-19(29-2)17(13-16)24-22(27)15-26-14-21(23(28)25-9-11-30-12-10-25)31-20-6-4-3-5-18(20)26/h3-8,13,21H,9-12,14-15H2,1-2H3,(H,24,27). The van der Waals surface area contributed by atoms with Crippen molar-refractivity contribution in [3.05, 3.63) is 48.0 Å². The van der Waals surface area contributed by atoms with Crippen LogP contribution in [0.15, 0.2) is 42.5 Å². The molecular formula is C23H27N3O5. The summed E-state index contributed by atoms with van der Waals surface area (Å²) in [5.41, 5.74) is 2.43. The van der Waals surface area contributed by atoms with E-state index in [1.54, 1.807) is 12.0 Å². The third kappa shape index (κ3) is 4.74. The van der Waals surface area contributed by atoms with E-state index in [1.807, 2.05) is 54.3 Å². The van der Waals surface area contributed by atoms with E-state index in [1.165, 1.54) is 0 Å². The molecule has 4 rings (SSSR count). The van der Waals surface area contributed by atoms with Crippen LogP contribution >= 0.6 is 0 Å². The van der Waals surface area contributed by atoms with Gasteiger partial charge in [-0.25, -0.2) is 0 Å². The second-order valence-electron chi connectivity index (χ2n) is 7.64. The van der Waals surface area contributed by atoms with Crippen LogP contribution in [0.25, 0.3) is 0 Å². The average molecular weight is 425 g/mol. The predicted octanol–water partition coefficient (Wildman–Crippen LogP) is 2.07. The number of fused-ring (bicyclic) bond motifs is 1. The van der Waals surface area contributed by atoms with Crippen molar-refractivity contribution in [3.8, 4) is 11.5 Å². The molecule has 1 unspecified atom stereocenters. The Morgan fingerprint density at radius 3 is 2.71 bits per heavy atom. The van der Waals surface area contributed by atoms with Gasteiger partial charge in [-0.05, 0) is 36.8 Å². The van der Waals surface area contributed by atoms with Crippen LogP contribution in [0.1, 0.15) is 5.56 Å². The summed E-state index contributed by atoms with van der Waals surface area (Å²) < 4.78 is 16.7. The Hall–Kier alpha value is -3.26. The summed E-state index contributed by atoms with van der Waals surface area (Å²) in [5, 5.41) is 2.93. The van der Waals surface area contributed by atoms with Gasteiger partial charge in [-0.2, -0.15) is 0 Å². The lowest BCUT2D eigenvalue weighted by molar-refractivity contribution is -0.142. The van der Waals surface area contributed by atoms with E-state index < -0.39 is 6.10 Å². The number of rotatable bonds is 5. The van der Waals surface area contributed by atoms with Crippen LogP contribution < -0.4 is 19.7 Å². The topological polar surface area (TPSA) is 80.3 Å². The number of para-hydroxylation sites is 2. The molecule has 2 aliphatic rings. The fourth-order valence-electron chi connectivity index (χ4n) is 3.86. The van der Waals surface area contributed by atoms with Gasteiger partial charge in [-0.15, -0.1) is 0 Å². The first-order chi connectivity index (χ1) is 15.0. The molecule has 2 aromatic carbocycles. The van der Waals surface area contributed by atoms with Gasteiger partial charge >= 0.3 is 0 Å². The molecule has 0 aromatic heterocycles. The van der Waals surface area contributed by atoms with Crippen molar-refractivity contribution in [2.24, 2.45) is 0 Å². The van der Waals surface area contributed by atoms with Crippen LogP contribution in [-0.2, 0) is 14.3 Å². The zero-order valence-electron chi connectivity index (χ0n) is 17.8. The van der Waals surface area contributed by atoms with Crippen molar-refractivity contribution in [2.45, 2.75) is 13.0 Å². The summed E-state index contributed by atoms with van der Waals surface area (Å²) in [6.45, 7) is 4.49. The second-order valence-corrected chi connectivity index (χ2v) is 7.64. The summed E-state index contributed by atoms with van der Waals surface area (Å²) >= 11 is 0. The number of hydrogen-bond acceptors (Lipinski definition) is 6. The van der Waals surface area contributed by atoms with Gasteiger partial charge in [0.05, 0.1) is 44.8 Å². The van der Waals surface area contributed by atoms with Crippen LogP contribution in [0.4, 0.5) is 11.4 Å². The molecular weight excluding hydrogens is 398 g/mol. The van der Waals surface area contributed by atoms with E-state index in [0.29, 0.717) is 50.0 Å². The van der Waals surface area contributed by atoms with Crippen LogP contribution in [-0.4, -0.2) is 69.3 Å². The number of ether oxygens (including phenoxy) is 3. The number of anilines is 2. The minimum Gasteiger partial charge on any atom is -0.495 e. The van der Waals surface area contributed by atoms with Crippen LogP contribution in [0, 0.1) is 6.92 Å². The summed E-state index contributed by atoms with van der Waals surface area (Å²) in [6.07, 6.45) is -0.672. The molecule has 8 heteroatoms. The Kier molecular flexibility index (Phi) is 6.27. The number of nitrogens with one attached hydrogen (secondary N) is 1. The van der Waals surface area contributed by atoms with Gasteiger partial charge in [0.15, 0.2) is 6.10 Å². The van der Waals surface area contributed by atoms with Gasteiger partial charge in [0, 0.05) is 13.1 Å². The smallest absolute Gasteiger partial charge is 0.265 e. The van der Waals surface area contributed by atoms with Gasteiger partial charge < -0.3 is 29.3 Å². The highest BCUT2D eigenvalue weighted by molar-refractivity contribution is 5.96. The Labute approximate surface area is 181 Å². The molecule has 2 heterocycles. The molecule has 1 atom stereocenters. The number of morpholine rings is 1. The minimum absolute atomic E-state index is 0.0800. The molecule has 0 spiro atoms. The molecule has 0 radical (unpaired) electrons. The van der Waals surface area contributed by atoms with Crippen molar-refractivity contribution in [3.63, 3.8) is 0 Å². The van der Waals surface area contributed by atoms with E-state index in [4.69, 9.17) is 14.2 Å². The zero-order chi connectivity index (χ0) is 21.8. The Morgan fingerprint density at radius 1 is 1.16 bits per heavy atom. The summed E-state index contributed by atoms with van der Waals surface area (Å²) in [5.74, 6) is 0.921. The number of benzene rings is 2. The van der Waals surface area contributed by atoms with E-state index in [0.717, 1.165) is 11.3 Å². The number of nitrogens with zero attached hydrogens (tertiary/aromatic N) is 2. The number of aryl methyl sites for hydroxylation is 1. The van der Waals surface area contributed by atoms with Crippen LogP contribution in [0.2, 0.25) is 0 Å². The zero-order valence-corrected chi connectivity index (χ0v) is 17.8. The SMILES string of the molecule is COc1ccc(C)cc1NC(=O)CN1CC(C(=O)N2CCOCC2)Oc2ccccc21. The molecule has 2 aromatic rings.